The van der Waals surface area contributed by atoms with Crippen molar-refractivity contribution in [2.75, 3.05) is 26.4 Å². The van der Waals surface area contributed by atoms with Crippen molar-refractivity contribution < 1.29 is 18.7 Å². The quantitative estimate of drug-likeness (QED) is 0.407. The highest BCUT2D eigenvalue weighted by atomic mass is 35.5. The number of hydrogen-bond acceptors (Lipinski definition) is 5. The molecule has 0 aromatic heterocycles. The first-order chi connectivity index (χ1) is 8.25. The van der Waals surface area contributed by atoms with Crippen LogP contribution in [-0.2, 0) is 9.03 Å². The number of halogens is 1. The molecule has 0 aliphatic carbocycles. The van der Waals surface area contributed by atoms with Crippen LogP contribution in [0.25, 0.3) is 0 Å². The van der Waals surface area contributed by atoms with E-state index in [0.29, 0.717) is 13.2 Å². The molecule has 0 aliphatic heterocycles. The first kappa shape index (κ1) is 13.7. The molecule has 7 heteroatoms. The van der Waals surface area contributed by atoms with E-state index in [2.05, 4.69) is 4.29 Å². The van der Waals surface area contributed by atoms with Gasteiger partial charge in [0.2, 0.25) is 0 Å². The summed E-state index contributed by atoms with van der Waals surface area (Å²) in [5, 5.41) is 10.7. The second-order valence-corrected chi connectivity index (χ2v) is 3.22. The van der Waals surface area contributed by atoms with Gasteiger partial charge in [-0.1, -0.05) is 12.1 Å². The number of nitrogens with zero attached hydrogens (tertiary/aromatic N) is 1. The van der Waals surface area contributed by atoms with E-state index in [1.54, 1.807) is 18.2 Å². The number of nitro groups is 1. The second kappa shape index (κ2) is 7.83. The van der Waals surface area contributed by atoms with Gasteiger partial charge in [-0.05, 0) is 6.07 Å². The van der Waals surface area contributed by atoms with Crippen molar-refractivity contribution in [3.8, 4) is 5.75 Å². The molecule has 0 amide bonds. The fraction of sp³-hybridized carbons (Fsp3) is 0.400. The molecule has 94 valence electrons. The Hall–Kier alpha value is -1.37. The molecule has 1 aromatic rings. The van der Waals surface area contributed by atoms with Gasteiger partial charge in [0.05, 0.1) is 36.6 Å². The second-order valence-electron chi connectivity index (χ2n) is 3.00. The highest BCUT2D eigenvalue weighted by Gasteiger charge is 2.12. The summed E-state index contributed by atoms with van der Waals surface area (Å²) >= 11 is 4.98. The zero-order valence-corrected chi connectivity index (χ0v) is 9.76. The van der Waals surface area contributed by atoms with E-state index in [-0.39, 0.29) is 24.7 Å². The fourth-order valence-corrected chi connectivity index (χ4v) is 1.20. The molecular formula is C10H12ClNO5. The Morgan fingerprint density at radius 1 is 1.18 bits per heavy atom. The van der Waals surface area contributed by atoms with Gasteiger partial charge in [-0.3, -0.25) is 14.4 Å². The Kier molecular flexibility index (Phi) is 6.31. The van der Waals surface area contributed by atoms with Gasteiger partial charge in [-0.2, -0.15) is 0 Å². The van der Waals surface area contributed by atoms with Crippen LogP contribution < -0.4 is 4.74 Å². The normalized spacial score (nSPS) is 10.2. The first-order valence-electron chi connectivity index (χ1n) is 4.93. The number of benzene rings is 1. The monoisotopic (exact) mass is 261 g/mol. The molecule has 0 N–H and O–H groups in total. The lowest BCUT2D eigenvalue weighted by atomic mass is 10.3. The van der Waals surface area contributed by atoms with Crippen LogP contribution in [0.1, 0.15) is 0 Å². The molecule has 0 radical (unpaired) electrons. The van der Waals surface area contributed by atoms with E-state index in [0.717, 1.165) is 0 Å². The van der Waals surface area contributed by atoms with E-state index >= 15 is 0 Å². The molecule has 0 heterocycles. The lowest BCUT2D eigenvalue weighted by Crippen LogP contribution is -2.10. The Morgan fingerprint density at radius 3 is 2.59 bits per heavy atom. The third-order valence-electron chi connectivity index (χ3n) is 1.85. The number of para-hydroxylation sites is 2. The Morgan fingerprint density at radius 2 is 1.88 bits per heavy atom. The van der Waals surface area contributed by atoms with Crippen molar-refractivity contribution in [1.29, 1.82) is 0 Å². The van der Waals surface area contributed by atoms with E-state index in [1.807, 2.05) is 0 Å². The van der Waals surface area contributed by atoms with E-state index in [9.17, 15) is 10.1 Å². The molecular weight excluding hydrogens is 250 g/mol. The number of hydrogen-bond donors (Lipinski definition) is 0. The summed E-state index contributed by atoms with van der Waals surface area (Å²) in [6.07, 6.45) is 0. The highest BCUT2D eigenvalue weighted by molar-refractivity contribution is 6.07. The summed E-state index contributed by atoms with van der Waals surface area (Å²) in [6.45, 7) is 1.18. The Labute approximate surface area is 103 Å². The van der Waals surface area contributed by atoms with Gasteiger partial charge in [-0.25, -0.2) is 0 Å². The van der Waals surface area contributed by atoms with Gasteiger partial charge in [0.25, 0.3) is 0 Å². The van der Waals surface area contributed by atoms with Crippen LogP contribution in [0.4, 0.5) is 5.69 Å². The summed E-state index contributed by atoms with van der Waals surface area (Å²) in [5.41, 5.74) is -0.0587. The predicted molar refractivity (Wildman–Crippen MR) is 61.2 cm³/mol. The van der Waals surface area contributed by atoms with Gasteiger partial charge in [0.15, 0.2) is 5.75 Å². The van der Waals surface area contributed by atoms with Crippen LogP contribution in [0, 0.1) is 10.1 Å². The molecule has 0 aliphatic rings. The zero-order valence-electron chi connectivity index (χ0n) is 9.00. The van der Waals surface area contributed by atoms with E-state index in [4.69, 9.17) is 21.3 Å². The average Bonchev–Trinajstić information content (AvgIpc) is 2.34. The molecule has 0 saturated carbocycles. The Bertz CT molecular complexity index is 360. The van der Waals surface area contributed by atoms with Crippen LogP contribution >= 0.6 is 11.9 Å². The van der Waals surface area contributed by atoms with Gasteiger partial charge in [0.1, 0.15) is 6.61 Å². The van der Waals surface area contributed by atoms with Crippen LogP contribution in [0.3, 0.4) is 0 Å². The molecule has 0 unspecified atom stereocenters. The molecule has 0 spiro atoms. The lowest BCUT2D eigenvalue weighted by Gasteiger charge is -2.06. The predicted octanol–water partition coefficient (Wildman–Crippen LogP) is 2.16. The van der Waals surface area contributed by atoms with E-state index < -0.39 is 4.92 Å². The third kappa shape index (κ3) is 4.99. The highest BCUT2D eigenvalue weighted by Crippen LogP contribution is 2.25. The van der Waals surface area contributed by atoms with Crippen molar-refractivity contribution in [2.24, 2.45) is 0 Å². The minimum atomic E-state index is -0.489. The number of nitro benzene ring substituents is 1. The molecule has 0 fully saturated rings. The van der Waals surface area contributed by atoms with Crippen LogP contribution in [-0.4, -0.2) is 31.4 Å². The summed E-state index contributed by atoms with van der Waals surface area (Å²) in [7, 11) is 0. The maximum atomic E-state index is 10.7. The zero-order chi connectivity index (χ0) is 12.5. The number of rotatable bonds is 8. The number of ether oxygens (including phenoxy) is 2. The molecule has 0 atom stereocenters. The third-order valence-corrected chi connectivity index (χ3v) is 2.01. The molecule has 1 rings (SSSR count). The Balaban J connectivity index is 2.34. The molecule has 0 saturated heterocycles. The summed E-state index contributed by atoms with van der Waals surface area (Å²) < 4.78 is 14.6. The lowest BCUT2D eigenvalue weighted by molar-refractivity contribution is -0.385. The first-order valence-corrected chi connectivity index (χ1v) is 5.24. The largest absolute Gasteiger partial charge is 0.484 e. The topological polar surface area (TPSA) is 70.8 Å². The van der Waals surface area contributed by atoms with Crippen molar-refractivity contribution in [2.45, 2.75) is 0 Å². The SMILES string of the molecule is O=[N+]([O-])c1ccccc1OCCOCCOCl. The van der Waals surface area contributed by atoms with Gasteiger partial charge < -0.3 is 9.47 Å². The van der Waals surface area contributed by atoms with Gasteiger partial charge in [-0.15, -0.1) is 0 Å². The maximum Gasteiger partial charge on any atom is 0.310 e. The van der Waals surface area contributed by atoms with Gasteiger partial charge in [0, 0.05) is 6.07 Å². The summed E-state index contributed by atoms with van der Waals surface area (Å²) in [4.78, 5) is 10.2. The smallest absolute Gasteiger partial charge is 0.310 e. The standard InChI is InChI=1S/C10H12ClNO5/c11-17-8-6-15-5-7-16-10-4-2-1-3-9(10)12(13)14/h1-4H,5-8H2. The maximum absolute atomic E-state index is 10.7. The van der Waals surface area contributed by atoms with Crippen LogP contribution in [0.5, 0.6) is 5.75 Å². The van der Waals surface area contributed by atoms with Crippen molar-refractivity contribution >= 4 is 17.6 Å². The molecule has 0 bridgehead atoms. The van der Waals surface area contributed by atoms with E-state index in [1.165, 1.54) is 6.07 Å². The average molecular weight is 262 g/mol. The minimum Gasteiger partial charge on any atom is -0.484 e. The summed E-state index contributed by atoms with van der Waals surface area (Å²) in [5.74, 6) is 0.231. The van der Waals surface area contributed by atoms with Gasteiger partial charge >= 0.3 is 5.69 Å². The van der Waals surface area contributed by atoms with Crippen molar-refractivity contribution in [3.63, 3.8) is 0 Å². The van der Waals surface area contributed by atoms with Crippen LogP contribution in [0.15, 0.2) is 24.3 Å². The molecule has 17 heavy (non-hydrogen) atoms. The minimum absolute atomic E-state index is 0.0587. The molecule has 6 nitrogen and oxygen atoms in total. The van der Waals surface area contributed by atoms with Crippen molar-refractivity contribution in [3.05, 3.63) is 34.4 Å². The van der Waals surface area contributed by atoms with Crippen molar-refractivity contribution in [1.82, 2.24) is 0 Å². The van der Waals surface area contributed by atoms with Crippen LogP contribution in [0.2, 0.25) is 0 Å². The fourth-order valence-electron chi connectivity index (χ4n) is 1.13. The summed E-state index contributed by atoms with van der Waals surface area (Å²) in [6, 6.07) is 6.18. The molecule has 1 aromatic carbocycles.